The van der Waals surface area contributed by atoms with Gasteiger partial charge in [-0.1, -0.05) is 45.9 Å². The van der Waals surface area contributed by atoms with Crippen molar-refractivity contribution in [2.24, 2.45) is 34.6 Å². The number of phenols is 2. The molecule has 58 heavy (non-hydrogen) atoms. The predicted octanol–water partition coefficient (Wildman–Crippen LogP) is 3.87. The normalized spacial score (nSPS) is 32.4. The molecule has 9 unspecified atom stereocenters. The molecule has 6 rings (SSSR count). The highest BCUT2D eigenvalue weighted by molar-refractivity contribution is 6.21. The Bertz CT molecular complexity index is 2020. The summed E-state index contributed by atoms with van der Waals surface area (Å²) in [6, 6.07) is 1.54. The van der Waals surface area contributed by atoms with Crippen LogP contribution < -0.4 is 15.9 Å². The highest BCUT2D eigenvalue weighted by atomic mass is 16.7. The number of methoxy groups -OCH3 is 1. The van der Waals surface area contributed by atoms with E-state index in [1.54, 1.807) is 68.9 Å². The Morgan fingerprint density at radius 1 is 1.02 bits per heavy atom. The third kappa shape index (κ3) is 8.85. The minimum atomic E-state index is -1.94. The molecule has 0 spiro atoms. The number of hydrazine groups is 1. The van der Waals surface area contributed by atoms with Gasteiger partial charge >= 0.3 is 11.8 Å². The third-order valence-corrected chi connectivity index (χ3v) is 11.5. The van der Waals surface area contributed by atoms with E-state index >= 15 is 0 Å². The van der Waals surface area contributed by atoms with Crippen LogP contribution in [-0.4, -0.2) is 118 Å². The van der Waals surface area contributed by atoms with Gasteiger partial charge in [-0.05, 0) is 26.0 Å². The first-order valence-electron chi connectivity index (χ1n) is 19.5. The van der Waals surface area contributed by atoms with Gasteiger partial charge in [-0.25, -0.2) is 5.01 Å². The Balaban J connectivity index is 1.67. The molecule has 2 aromatic carbocycles. The number of allylic oxidation sites excluding steroid dienone is 2. The van der Waals surface area contributed by atoms with Gasteiger partial charge in [-0.3, -0.25) is 25.2 Å². The number of amides is 1. The van der Waals surface area contributed by atoms with Crippen LogP contribution in [0.15, 0.2) is 47.3 Å². The highest BCUT2D eigenvalue weighted by Crippen LogP contribution is 2.51. The molecule has 9 atom stereocenters. The van der Waals surface area contributed by atoms with Crippen molar-refractivity contribution in [3.8, 4) is 17.2 Å². The van der Waals surface area contributed by atoms with Crippen molar-refractivity contribution < 1.29 is 53.8 Å². The van der Waals surface area contributed by atoms with E-state index in [0.717, 1.165) is 0 Å². The van der Waals surface area contributed by atoms with Gasteiger partial charge in [0, 0.05) is 79.8 Å². The monoisotopic (exact) mass is 807 g/mol. The molecule has 7 N–H and O–H groups in total. The lowest BCUT2D eigenvalue weighted by molar-refractivity contribution is -0.160. The Morgan fingerprint density at radius 2 is 1.69 bits per heavy atom. The second-order valence-corrected chi connectivity index (χ2v) is 15.7. The molecule has 4 aliphatic rings. The number of anilines is 1. The fourth-order valence-corrected chi connectivity index (χ4v) is 7.75. The van der Waals surface area contributed by atoms with Crippen molar-refractivity contribution in [3.05, 3.63) is 58.9 Å². The maximum Gasteiger partial charge on any atom is 0.312 e. The lowest BCUT2D eigenvalue weighted by Gasteiger charge is -2.38. The van der Waals surface area contributed by atoms with E-state index in [-0.39, 0.29) is 50.2 Å². The predicted molar refractivity (Wildman–Crippen MR) is 217 cm³/mol. The molecule has 1 amide bonds. The zero-order valence-corrected chi connectivity index (χ0v) is 34.6. The second-order valence-electron chi connectivity index (χ2n) is 15.7. The van der Waals surface area contributed by atoms with Crippen LogP contribution in [0.2, 0.25) is 0 Å². The summed E-state index contributed by atoms with van der Waals surface area (Å²) < 4.78 is 23.7. The summed E-state index contributed by atoms with van der Waals surface area (Å²) >= 11 is 0. The number of Topliss-reactive ketones (excluding diaryl/α,β-unsaturated/α-hetero) is 1. The van der Waals surface area contributed by atoms with E-state index in [4.69, 9.17) is 24.8 Å². The van der Waals surface area contributed by atoms with Gasteiger partial charge in [0.25, 0.3) is 11.7 Å². The number of nitrogens with one attached hydrogen (secondary N) is 1. The number of carbonyl (C=O) groups excluding carboxylic acids is 3. The number of aliphatic hydroxyl groups excluding tert-OH is 2. The van der Waals surface area contributed by atoms with E-state index in [1.165, 1.54) is 46.4 Å². The molecular formula is C42H57N5O11. The number of rotatable bonds is 4. The quantitative estimate of drug-likeness (QED) is 0.112. The number of aliphatic hydroxyl groups is 2. The SMILES string of the molecule is COC1/C=C/OC2(C)Oc3c(C)c(O)c4c(O)c(c(/C=N/N5CCN(N)CC5)cc4c3C2=O)NC(=O)/C(C)=C\C=C\C(C)C(O)C(C)C(O)C(C)C(OC(C)=O)C1C. The number of nitrogens with two attached hydrogens (primary N) is 1. The molecule has 0 aliphatic carbocycles. The third-order valence-electron chi connectivity index (χ3n) is 11.5. The standard InChI is InChI=1S/C42H57N5O11/c1-21-11-10-12-22(2)41(54)45-33-28(20-44-47-16-14-46(43)15-17-47)19-29-31(37(33)52)36(51)26(6)39-32(29)40(53)42(8,58-39)56-18-13-30(55-9)23(3)38(57-27(7)48)25(5)35(50)24(4)34(21)49/h10-13,18-21,23-25,30,34-35,38,49-52H,14-17,43H2,1-9H3,(H,45,54)/b11-10+,18-13+,22-12-,44-20+. The second kappa shape index (κ2) is 17.9. The Hall–Kier alpha value is -5.00. The van der Waals surface area contributed by atoms with Gasteiger partial charge in [0.2, 0.25) is 0 Å². The van der Waals surface area contributed by atoms with E-state index in [0.29, 0.717) is 26.2 Å². The number of benzene rings is 2. The number of hydrogen-bond donors (Lipinski definition) is 6. The summed E-state index contributed by atoms with van der Waals surface area (Å²) in [4.78, 5) is 40.4. The van der Waals surface area contributed by atoms with Crippen LogP contribution in [0.1, 0.15) is 70.0 Å². The smallest absolute Gasteiger partial charge is 0.312 e. The molecule has 4 heterocycles. The lowest BCUT2D eigenvalue weighted by atomic mass is 9.78. The molecule has 1 saturated heterocycles. The number of carbonyl (C=O) groups is 3. The van der Waals surface area contributed by atoms with Crippen molar-refractivity contribution >= 4 is 40.3 Å². The molecule has 16 nitrogen and oxygen atoms in total. The van der Waals surface area contributed by atoms with Crippen molar-refractivity contribution in [1.29, 1.82) is 0 Å². The van der Waals surface area contributed by atoms with Crippen LogP contribution in [0.5, 0.6) is 17.2 Å². The molecule has 0 saturated carbocycles. The molecular weight excluding hydrogens is 750 g/mol. The molecule has 1 fully saturated rings. The van der Waals surface area contributed by atoms with Crippen molar-refractivity contribution in [3.63, 3.8) is 0 Å². The van der Waals surface area contributed by atoms with E-state index in [2.05, 4.69) is 10.4 Å². The van der Waals surface area contributed by atoms with Crippen molar-refractivity contribution in [1.82, 2.24) is 10.0 Å². The number of ketones is 1. The minimum Gasteiger partial charge on any atom is -0.507 e. The van der Waals surface area contributed by atoms with Crippen molar-refractivity contribution in [2.45, 2.75) is 85.6 Å². The first kappa shape index (κ1) is 44.1. The topological polar surface area (TPSA) is 226 Å². The Kier molecular flexibility index (Phi) is 13.6. The van der Waals surface area contributed by atoms with Gasteiger partial charge in [0.05, 0.1) is 60.5 Å². The molecule has 5 bridgehead atoms. The van der Waals surface area contributed by atoms with Crippen LogP contribution in [0.25, 0.3) is 10.8 Å². The fourth-order valence-electron chi connectivity index (χ4n) is 7.75. The van der Waals surface area contributed by atoms with E-state index < -0.39 is 77.3 Å². The number of nitrogens with zero attached hydrogens (tertiary/aromatic N) is 3. The fraction of sp³-hybridized carbons (Fsp3) is 0.524. The summed E-state index contributed by atoms with van der Waals surface area (Å²) in [6.07, 6.45) is 5.32. The molecule has 0 aromatic heterocycles. The van der Waals surface area contributed by atoms with Crippen LogP contribution in [0.4, 0.5) is 5.69 Å². The summed E-state index contributed by atoms with van der Waals surface area (Å²) in [7, 11) is 1.46. The summed E-state index contributed by atoms with van der Waals surface area (Å²) in [6.45, 7) is 14.9. The zero-order chi connectivity index (χ0) is 42.8. The molecule has 2 aromatic rings. The molecule has 0 radical (unpaired) electrons. The average Bonchev–Trinajstić information content (AvgIpc) is 3.45. The number of fused-ring (bicyclic) bond motifs is 14. The zero-order valence-electron chi connectivity index (χ0n) is 34.6. The van der Waals surface area contributed by atoms with Gasteiger partial charge in [0.1, 0.15) is 17.6 Å². The van der Waals surface area contributed by atoms with Crippen LogP contribution >= 0.6 is 0 Å². The number of aromatic hydroxyl groups is 2. The van der Waals surface area contributed by atoms with Crippen LogP contribution in [0, 0.1) is 30.6 Å². The van der Waals surface area contributed by atoms with Crippen LogP contribution in [0.3, 0.4) is 0 Å². The Labute approximate surface area is 338 Å². The molecule has 16 heteroatoms. The number of ether oxygens (including phenoxy) is 4. The first-order chi connectivity index (χ1) is 27.3. The Morgan fingerprint density at radius 3 is 2.33 bits per heavy atom. The van der Waals surface area contributed by atoms with Gasteiger partial charge in [0.15, 0.2) is 5.75 Å². The summed E-state index contributed by atoms with van der Waals surface area (Å²) in [5, 5.41) is 57.1. The molecule has 316 valence electrons. The van der Waals surface area contributed by atoms with Crippen molar-refractivity contribution in [2.75, 3.05) is 38.6 Å². The highest BCUT2D eigenvalue weighted by Gasteiger charge is 2.49. The number of hydrazone groups is 1. The van der Waals surface area contributed by atoms with Crippen LogP contribution in [-0.2, 0) is 23.8 Å². The number of esters is 1. The maximum atomic E-state index is 14.4. The number of phenolic OH excluding ortho intramolecular Hbond substituents is 2. The first-order valence-corrected chi connectivity index (χ1v) is 19.5. The lowest BCUT2D eigenvalue weighted by Crippen LogP contribution is -2.47. The van der Waals surface area contributed by atoms with Gasteiger partial charge in [-0.2, -0.15) is 5.10 Å². The minimum absolute atomic E-state index is 0.0382. The average molecular weight is 808 g/mol. The van der Waals surface area contributed by atoms with E-state index in [9.17, 15) is 34.8 Å². The molecule has 4 aliphatic heterocycles. The summed E-state index contributed by atoms with van der Waals surface area (Å²) in [5.74, 6) is -0.990. The van der Waals surface area contributed by atoms with Gasteiger partial charge in [-0.15, -0.1) is 0 Å². The maximum absolute atomic E-state index is 14.4. The largest absolute Gasteiger partial charge is 0.507 e. The number of piperazine rings is 1. The summed E-state index contributed by atoms with van der Waals surface area (Å²) in [5.41, 5.74) is 0.604. The van der Waals surface area contributed by atoms with E-state index in [1.807, 2.05) is 0 Å². The van der Waals surface area contributed by atoms with Gasteiger partial charge < -0.3 is 44.7 Å². The number of hydrogen-bond acceptors (Lipinski definition) is 15.